The SMILES string of the molecule is CC#CCC=COC(=O)C(=O)OC=CCC#CC. The number of hydrogen-bond donors (Lipinski definition) is 0. The lowest BCUT2D eigenvalue weighted by Gasteiger charge is -1.96. The van der Waals surface area contributed by atoms with Gasteiger partial charge in [-0.3, -0.25) is 0 Å². The summed E-state index contributed by atoms with van der Waals surface area (Å²) in [6, 6.07) is 0. The molecule has 18 heavy (non-hydrogen) atoms. The lowest BCUT2D eigenvalue weighted by atomic mass is 10.4. The van der Waals surface area contributed by atoms with Crippen molar-refractivity contribution in [2.24, 2.45) is 0 Å². The topological polar surface area (TPSA) is 52.6 Å². The van der Waals surface area contributed by atoms with Crippen LogP contribution in [-0.4, -0.2) is 11.9 Å². The van der Waals surface area contributed by atoms with Gasteiger partial charge in [-0.1, -0.05) is 11.8 Å². The van der Waals surface area contributed by atoms with E-state index in [1.54, 1.807) is 13.8 Å². The Balaban J connectivity index is 3.90. The van der Waals surface area contributed by atoms with Crippen molar-refractivity contribution in [3.05, 3.63) is 24.7 Å². The van der Waals surface area contributed by atoms with E-state index < -0.39 is 11.9 Å². The van der Waals surface area contributed by atoms with E-state index in [4.69, 9.17) is 0 Å². The van der Waals surface area contributed by atoms with Gasteiger partial charge in [-0.15, -0.1) is 11.8 Å². The van der Waals surface area contributed by atoms with Crippen molar-refractivity contribution < 1.29 is 19.1 Å². The molecule has 0 heterocycles. The molecule has 94 valence electrons. The summed E-state index contributed by atoms with van der Waals surface area (Å²) in [5.41, 5.74) is 0. The Bertz CT molecular complexity index is 406. The van der Waals surface area contributed by atoms with Gasteiger partial charge in [-0.25, -0.2) is 9.59 Å². The summed E-state index contributed by atoms with van der Waals surface area (Å²) in [5, 5.41) is 0. The molecule has 0 aliphatic carbocycles. The van der Waals surface area contributed by atoms with E-state index in [1.807, 2.05) is 0 Å². The summed E-state index contributed by atoms with van der Waals surface area (Å²) in [6.07, 6.45) is 6.17. The molecule has 0 saturated carbocycles. The Kier molecular flexibility index (Phi) is 9.53. The molecule has 0 aromatic carbocycles. The van der Waals surface area contributed by atoms with Gasteiger partial charge in [0, 0.05) is 12.8 Å². The number of carbonyl (C=O) groups excluding carboxylic acids is 2. The first-order chi connectivity index (χ1) is 8.72. The maximum absolute atomic E-state index is 11.0. The predicted molar refractivity (Wildman–Crippen MR) is 66.6 cm³/mol. The molecule has 0 saturated heterocycles. The molecule has 0 bridgehead atoms. The second-order valence-corrected chi connectivity index (χ2v) is 2.82. The lowest BCUT2D eigenvalue weighted by molar-refractivity contribution is -0.160. The fourth-order valence-electron chi connectivity index (χ4n) is 0.734. The highest BCUT2D eigenvalue weighted by Crippen LogP contribution is 1.90. The third-order valence-electron chi connectivity index (χ3n) is 1.50. The standard InChI is InChI=1S/C14H14O4/c1-3-5-7-9-11-17-13(15)14(16)18-12-10-8-6-4-2/h9-12H,7-8H2,1-2H3. The molecule has 0 fully saturated rings. The van der Waals surface area contributed by atoms with Crippen molar-refractivity contribution >= 4 is 11.9 Å². The molecule has 4 nitrogen and oxygen atoms in total. The Morgan fingerprint density at radius 2 is 1.28 bits per heavy atom. The monoisotopic (exact) mass is 246 g/mol. The number of allylic oxidation sites excluding steroid dienone is 2. The minimum atomic E-state index is -1.08. The molecular weight excluding hydrogens is 232 g/mol. The van der Waals surface area contributed by atoms with Gasteiger partial charge in [0.25, 0.3) is 0 Å². The van der Waals surface area contributed by atoms with E-state index in [9.17, 15) is 9.59 Å². The molecule has 0 aromatic rings. The molecule has 0 amide bonds. The maximum Gasteiger partial charge on any atom is 0.422 e. The molecule has 0 N–H and O–H groups in total. The van der Waals surface area contributed by atoms with Crippen LogP contribution in [0.15, 0.2) is 24.7 Å². The van der Waals surface area contributed by atoms with Crippen LogP contribution in [0.3, 0.4) is 0 Å². The van der Waals surface area contributed by atoms with Gasteiger partial charge in [-0.05, 0) is 26.0 Å². The molecular formula is C14H14O4. The molecule has 0 rings (SSSR count). The van der Waals surface area contributed by atoms with Gasteiger partial charge >= 0.3 is 11.9 Å². The first-order valence-corrected chi connectivity index (χ1v) is 5.23. The number of rotatable bonds is 4. The lowest BCUT2D eigenvalue weighted by Crippen LogP contribution is -2.15. The predicted octanol–water partition coefficient (Wildman–Crippen LogP) is 1.93. The Hall–Kier alpha value is -2.46. The van der Waals surface area contributed by atoms with Crippen LogP contribution in [0, 0.1) is 23.7 Å². The molecule has 0 spiro atoms. The molecule has 0 aliphatic rings. The normalized spacial score (nSPS) is 9.22. The van der Waals surface area contributed by atoms with E-state index in [0.29, 0.717) is 12.8 Å². The van der Waals surface area contributed by atoms with Gasteiger partial charge in [0.05, 0.1) is 12.5 Å². The quantitative estimate of drug-likeness (QED) is 0.329. The zero-order valence-corrected chi connectivity index (χ0v) is 10.4. The van der Waals surface area contributed by atoms with E-state index in [2.05, 4.69) is 33.2 Å². The average Bonchev–Trinajstić information content (AvgIpc) is 2.37. The number of hydrogen-bond acceptors (Lipinski definition) is 4. The summed E-state index contributed by atoms with van der Waals surface area (Å²) in [4.78, 5) is 22.1. The largest absolute Gasteiger partial charge is 0.426 e. The van der Waals surface area contributed by atoms with Crippen LogP contribution in [0.25, 0.3) is 0 Å². The summed E-state index contributed by atoms with van der Waals surface area (Å²) >= 11 is 0. The Morgan fingerprint density at radius 3 is 1.61 bits per heavy atom. The molecule has 0 aliphatic heterocycles. The van der Waals surface area contributed by atoms with Gasteiger partial charge in [0.1, 0.15) is 0 Å². The summed E-state index contributed by atoms with van der Waals surface area (Å²) in [6.45, 7) is 3.40. The van der Waals surface area contributed by atoms with E-state index in [1.165, 1.54) is 12.2 Å². The molecule has 0 radical (unpaired) electrons. The zero-order chi connectivity index (χ0) is 13.6. The highest BCUT2D eigenvalue weighted by atomic mass is 16.6. The second-order valence-electron chi connectivity index (χ2n) is 2.82. The molecule has 4 heteroatoms. The molecule has 0 aromatic heterocycles. The van der Waals surface area contributed by atoms with Crippen molar-refractivity contribution in [2.75, 3.05) is 0 Å². The smallest absolute Gasteiger partial charge is 0.422 e. The van der Waals surface area contributed by atoms with Gasteiger partial charge in [-0.2, -0.15) is 0 Å². The second kappa shape index (κ2) is 11.0. The van der Waals surface area contributed by atoms with E-state index in [-0.39, 0.29) is 0 Å². The van der Waals surface area contributed by atoms with E-state index in [0.717, 1.165) is 12.5 Å². The van der Waals surface area contributed by atoms with Crippen LogP contribution < -0.4 is 0 Å². The maximum atomic E-state index is 11.0. The number of ether oxygens (including phenoxy) is 2. The van der Waals surface area contributed by atoms with Crippen LogP contribution >= 0.6 is 0 Å². The van der Waals surface area contributed by atoms with Gasteiger partial charge < -0.3 is 9.47 Å². The highest BCUT2D eigenvalue weighted by molar-refractivity contribution is 6.30. The first kappa shape index (κ1) is 15.5. The molecule has 0 atom stereocenters. The van der Waals surface area contributed by atoms with Gasteiger partial charge in [0.15, 0.2) is 0 Å². The van der Waals surface area contributed by atoms with Crippen molar-refractivity contribution in [1.82, 2.24) is 0 Å². The fraction of sp³-hybridized carbons (Fsp3) is 0.286. The van der Waals surface area contributed by atoms with Crippen LogP contribution in [0.4, 0.5) is 0 Å². The third-order valence-corrected chi connectivity index (χ3v) is 1.50. The van der Waals surface area contributed by atoms with Crippen molar-refractivity contribution in [3.63, 3.8) is 0 Å². The Morgan fingerprint density at radius 1 is 0.889 bits per heavy atom. The fourth-order valence-corrected chi connectivity index (χ4v) is 0.734. The van der Waals surface area contributed by atoms with Crippen molar-refractivity contribution in [3.8, 4) is 23.7 Å². The number of carbonyl (C=O) groups is 2. The van der Waals surface area contributed by atoms with Crippen LogP contribution in [0.5, 0.6) is 0 Å². The minimum Gasteiger partial charge on any atom is -0.426 e. The minimum absolute atomic E-state index is 0.453. The Labute approximate surface area is 107 Å². The van der Waals surface area contributed by atoms with E-state index >= 15 is 0 Å². The van der Waals surface area contributed by atoms with Crippen LogP contribution in [0.1, 0.15) is 26.7 Å². The zero-order valence-electron chi connectivity index (χ0n) is 10.4. The summed E-state index contributed by atoms with van der Waals surface area (Å²) in [7, 11) is 0. The van der Waals surface area contributed by atoms with Crippen LogP contribution in [-0.2, 0) is 19.1 Å². The summed E-state index contributed by atoms with van der Waals surface area (Å²) in [5.74, 6) is 8.65. The number of esters is 2. The average molecular weight is 246 g/mol. The highest BCUT2D eigenvalue weighted by Gasteiger charge is 2.14. The molecule has 0 unspecified atom stereocenters. The summed E-state index contributed by atoms with van der Waals surface area (Å²) < 4.78 is 9.01. The van der Waals surface area contributed by atoms with Gasteiger partial charge in [0.2, 0.25) is 0 Å². The van der Waals surface area contributed by atoms with Crippen molar-refractivity contribution in [2.45, 2.75) is 26.7 Å². The van der Waals surface area contributed by atoms with Crippen LogP contribution in [0.2, 0.25) is 0 Å². The van der Waals surface area contributed by atoms with Crippen molar-refractivity contribution in [1.29, 1.82) is 0 Å². The third kappa shape index (κ3) is 8.82. The first-order valence-electron chi connectivity index (χ1n) is 5.23.